The molecular formula is C16H18BrNO2. The quantitative estimate of drug-likeness (QED) is 0.911. The smallest absolute Gasteiger partial charge is 0.120 e. The van der Waals surface area contributed by atoms with E-state index in [-0.39, 0.29) is 6.10 Å². The molecule has 106 valence electrons. The summed E-state index contributed by atoms with van der Waals surface area (Å²) >= 11 is 3.49. The highest BCUT2D eigenvalue weighted by atomic mass is 79.9. The normalized spacial score (nSPS) is 20.4. The lowest BCUT2D eigenvalue weighted by Gasteiger charge is -2.31. The van der Waals surface area contributed by atoms with Crippen LogP contribution in [0.4, 0.5) is 0 Å². The Kier molecular flexibility index (Phi) is 3.96. The monoisotopic (exact) mass is 335 g/mol. The van der Waals surface area contributed by atoms with E-state index < -0.39 is 0 Å². The number of halogens is 1. The van der Waals surface area contributed by atoms with Crippen LogP contribution in [0.15, 0.2) is 34.8 Å². The highest BCUT2D eigenvalue weighted by molar-refractivity contribution is 9.10. The number of aromatic hydroxyl groups is 1. The molecule has 0 radical (unpaired) electrons. The number of fused-ring (bicyclic) bond motifs is 1. The number of benzene rings is 2. The summed E-state index contributed by atoms with van der Waals surface area (Å²) in [4.78, 5) is 2.34. The Morgan fingerprint density at radius 2 is 2.20 bits per heavy atom. The lowest BCUT2D eigenvalue weighted by Crippen LogP contribution is -2.40. The third-order valence-corrected chi connectivity index (χ3v) is 4.27. The molecule has 1 N–H and O–H groups in total. The Hall–Kier alpha value is -1.10. The average Bonchev–Trinajstić information content (AvgIpc) is 2.42. The predicted molar refractivity (Wildman–Crippen MR) is 84.0 cm³/mol. The van der Waals surface area contributed by atoms with Crippen molar-refractivity contribution in [1.29, 1.82) is 0 Å². The summed E-state index contributed by atoms with van der Waals surface area (Å²) in [5, 5.41) is 12.5. The molecule has 3 rings (SSSR count). The van der Waals surface area contributed by atoms with Crippen molar-refractivity contribution in [1.82, 2.24) is 4.90 Å². The molecule has 1 heterocycles. The molecule has 0 unspecified atom stereocenters. The third-order valence-electron chi connectivity index (χ3n) is 3.78. The zero-order valence-corrected chi connectivity index (χ0v) is 13.1. The molecule has 0 spiro atoms. The van der Waals surface area contributed by atoms with Crippen LogP contribution in [0.5, 0.6) is 5.75 Å². The van der Waals surface area contributed by atoms with Crippen molar-refractivity contribution in [3.63, 3.8) is 0 Å². The molecule has 2 aromatic rings. The molecular weight excluding hydrogens is 318 g/mol. The fraction of sp³-hybridized carbons (Fsp3) is 0.375. The van der Waals surface area contributed by atoms with Crippen molar-refractivity contribution >= 4 is 26.7 Å². The Morgan fingerprint density at radius 3 is 3.00 bits per heavy atom. The van der Waals surface area contributed by atoms with Gasteiger partial charge in [-0.15, -0.1) is 0 Å². The first-order chi connectivity index (χ1) is 9.63. The van der Waals surface area contributed by atoms with Gasteiger partial charge in [0.25, 0.3) is 0 Å². The summed E-state index contributed by atoms with van der Waals surface area (Å²) in [7, 11) is 0. The summed E-state index contributed by atoms with van der Waals surface area (Å²) in [5.41, 5.74) is 1.00. The van der Waals surface area contributed by atoms with Crippen molar-refractivity contribution in [3.8, 4) is 5.75 Å². The van der Waals surface area contributed by atoms with Gasteiger partial charge in [0.05, 0.1) is 12.7 Å². The van der Waals surface area contributed by atoms with Gasteiger partial charge in [0.15, 0.2) is 0 Å². The zero-order chi connectivity index (χ0) is 14.1. The SMILES string of the molecule is C[C@@H]1CN(Cc2c(O)ccc3cc(Br)ccc23)CCO1. The highest BCUT2D eigenvalue weighted by Crippen LogP contribution is 2.30. The van der Waals surface area contributed by atoms with Crippen molar-refractivity contribution in [2.75, 3.05) is 19.7 Å². The summed E-state index contributed by atoms with van der Waals surface area (Å²) in [6.45, 7) is 5.44. The molecule has 1 fully saturated rings. The van der Waals surface area contributed by atoms with E-state index in [0.717, 1.165) is 47.0 Å². The molecule has 1 aliphatic rings. The summed E-state index contributed by atoms with van der Waals surface area (Å²) in [6, 6.07) is 9.92. The van der Waals surface area contributed by atoms with Gasteiger partial charge in [-0.3, -0.25) is 4.90 Å². The van der Waals surface area contributed by atoms with E-state index in [9.17, 15) is 5.11 Å². The fourth-order valence-corrected chi connectivity index (χ4v) is 3.16. The van der Waals surface area contributed by atoms with Gasteiger partial charge >= 0.3 is 0 Å². The van der Waals surface area contributed by atoms with Crippen LogP contribution in [0, 0.1) is 0 Å². The van der Waals surface area contributed by atoms with Crippen LogP contribution in [0.2, 0.25) is 0 Å². The molecule has 1 saturated heterocycles. The Morgan fingerprint density at radius 1 is 1.35 bits per heavy atom. The van der Waals surface area contributed by atoms with Gasteiger partial charge in [-0.1, -0.05) is 28.1 Å². The van der Waals surface area contributed by atoms with Crippen LogP contribution >= 0.6 is 15.9 Å². The maximum absolute atomic E-state index is 10.2. The van der Waals surface area contributed by atoms with Crippen LogP contribution < -0.4 is 0 Å². The van der Waals surface area contributed by atoms with Crippen molar-refractivity contribution in [2.24, 2.45) is 0 Å². The maximum Gasteiger partial charge on any atom is 0.120 e. The molecule has 0 bridgehead atoms. The summed E-state index contributed by atoms with van der Waals surface area (Å²) < 4.78 is 6.63. The molecule has 0 aromatic heterocycles. The number of phenols is 1. The summed E-state index contributed by atoms with van der Waals surface area (Å²) in [6.07, 6.45) is 0.259. The number of hydrogen-bond donors (Lipinski definition) is 1. The molecule has 0 saturated carbocycles. The number of morpholine rings is 1. The Labute approximate surface area is 127 Å². The van der Waals surface area contributed by atoms with Crippen LogP contribution in [0.3, 0.4) is 0 Å². The molecule has 20 heavy (non-hydrogen) atoms. The number of ether oxygens (including phenoxy) is 1. The minimum Gasteiger partial charge on any atom is -0.508 e. The van der Waals surface area contributed by atoms with Crippen LogP contribution in [-0.2, 0) is 11.3 Å². The summed E-state index contributed by atoms with van der Waals surface area (Å²) in [5.74, 6) is 0.374. The Balaban J connectivity index is 1.95. The lowest BCUT2D eigenvalue weighted by molar-refractivity contribution is -0.0212. The fourth-order valence-electron chi connectivity index (χ4n) is 2.78. The molecule has 0 aliphatic carbocycles. The first-order valence-corrected chi connectivity index (χ1v) is 7.67. The first kappa shape index (κ1) is 13.9. The van der Waals surface area contributed by atoms with E-state index in [1.165, 1.54) is 0 Å². The topological polar surface area (TPSA) is 32.7 Å². The van der Waals surface area contributed by atoms with Gasteiger partial charge in [-0.2, -0.15) is 0 Å². The molecule has 2 aromatic carbocycles. The second kappa shape index (κ2) is 5.72. The van der Waals surface area contributed by atoms with E-state index in [0.29, 0.717) is 5.75 Å². The van der Waals surface area contributed by atoms with Gasteiger partial charge in [0.2, 0.25) is 0 Å². The Bertz CT molecular complexity index is 629. The van der Waals surface area contributed by atoms with Crippen LogP contribution in [0.25, 0.3) is 10.8 Å². The number of rotatable bonds is 2. The second-order valence-corrected chi connectivity index (χ2v) is 6.26. The van der Waals surface area contributed by atoms with E-state index in [1.807, 2.05) is 12.1 Å². The highest BCUT2D eigenvalue weighted by Gasteiger charge is 2.19. The van der Waals surface area contributed by atoms with Crippen LogP contribution in [0.1, 0.15) is 12.5 Å². The standard InChI is InChI=1S/C16H18BrNO2/c1-11-9-18(6-7-20-11)10-15-14-4-3-13(17)8-12(14)2-5-16(15)19/h2-5,8,11,19H,6-7,9-10H2,1H3/t11-/m1/s1. The van der Waals surface area contributed by atoms with Crippen LogP contribution in [-0.4, -0.2) is 35.8 Å². The maximum atomic E-state index is 10.2. The second-order valence-electron chi connectivity index (χ2n) is 5.35. The molecule has 1 aliphatic heterocycles. The minimum atomic E-state index is 0.259. The largest absolute Gasteiger partial charge is 0.508 e. The average molecular weight is 336 g/mol. The number of hydrogen-bond acceptors (Lipinski definition) is 3. The number of nitrogens with zero attached hydrogens (tertiary/aromatic N) is 1. The van der Waals surface area contributed by atoms with E-state index in [4.69, 9.17) is 4.74 Å². The van der Waals surface area contributed by atoms with Gasteiger partial charge in [0, 0.05) is 29.7 Å². The lowest BCUT2D eigenvalue weighted by atomic mass is 10.0. The zero-order valence-electron chi connectivity index (χ0n) is 11.5. The predicted octanol–water partition coefficient (Wildman–Crippen LogP) is 3.53. The minimum absolute atomic E-state index is 0.259. The van der Waals surface area contributed by atoms with Crippen molar-refractivity contribution < 1.29 is 9.84 Å². The van der Waals surface area contributed by atoms with Gasteiger partial charge in [-0.25, -0.2) is 0 Å². The van der Waals surface area contributed by atoms with E-state index >= 15 is 0 Å². The van der Waals surface area contributed by atoms with Gasteiger partial charge < -0.3 is 9.84 Å². The molecule has 0 amide bonds. The first-order valence-electron chi connectivity index (χ1n) is 6.87. The molecule has 3 nitrogen and oxygen atoms in total. The number of phenolic OH excluding ortho intramolecular Hbond substituents is 1. The van der Waals surface area contributed by atoms with Crippen molar-refractivity contribution in [3.05, 3.63) is 40.4 Å². The van der Waals surface area contributed by atoms with E-state index in [2.05, 4.69) is 39.9 Å². The van der Waals surface area contributed by atoms with Gasteiger partial charge in [-0.05, 0) is 35.9 Å². The third kappa shape index (κ3) is 2.82. The van der Waals surface area contributed by atoms with E-state index in [1.54, 1.807) is 6.07 Å². The van der Waals surface area contributed by atoms with Crippen molar-refractivity contribution in [2.45, 2.75) is 19.6 Å². The molecule has 1 atom stereocenters. The van der Waals surface area contributed by atoms with Gasteiger partial charge in [0.1, 0.15) is 5.75 Å². The molecule has 4 heteroatoms.